The van der Waals surface area contributed by atoms with Gasteiger partial charge in [-0.05, 0) is 46.6 Å². The molecule has 1 aliphatic carbocycles. The summed E-state index contributed by atoms with van der Waals surface area (Å²) in [5, 5.41) is 3.37. The van der Waals surface area contributed by atoms with Crippen molar-refractivity contribution >= 4 is 5.97 Å². The number of hydrogen-bond donors (Lipinski definition) is 1. The standard InChI is InChI=1S/C11H21NO2/c1-11(2,3)14-10(13)5-4-8-12-9-6-7-9/h9,12H,4-8H2,1-3H3. The van der Waals surface area contributed by atoms with Gasteiger partial charge in [0.2, 0.25) is 0 Å². The van der Waals surface area contributed by atoms with E-state index < -0.39 is 0 Å². The first-order valence-electron chi connectivity index (χ1n) is 5.42. The van der Waals surface area contributed by atoms with E-state index in [2.05, 4.69) is 5.32 Å². The maximum atomic E-state index is 11.3. The molecular weight excluding hydrogens is 178 g/mol. The van der Waals surface area contributed by atoms with Gasteiger partial charge in [0.1, 0.15) is 5.60 Å². The molecule has 0 saturated heterocycles. The number of carbonyl (C=O) groups is 1. The van der Waals surface area contributed by atoms with E-state index in [4.69, 9.17) is 4.74 Å². The summed E-state index contributed by atoms with van der Waals surface area (Å²) in [6.45, 7) is 6.62. The Bertz CT molecular complexity index is 192. The summed E-state index contributed by atoms with van der Waals surface area (Å²) in [5.74, 6) is -0.0879. The predicted molar refractivity (Wildman–Crippen MR) is 56.1 cm³/mol. The highest BCUT2D eigenvalue weighted by atomic mass is 16.6. The van der Waals surface area contributed by atoms with Crippen LogP contribution in [0.2, 0.25) is 0 Å². The Morgan fingerprint density at radius 3 is 2.57 bits per heavy atom. The summed E-state index contributed by atoms with van der Waals surface area (Å²) in [5.41, 5.74) is -0.346. The number of esters is 1. The molecule has 1 fully saturated rings. The Labute approximate surface area is 86.2 Å². The lowest BCUT2D eigenvalue weighted by molar-refractivity contribution is -0.154. The van der Waals surface area contributed by atoms with E-state index in [1.54, 1.807) is 0 Å². The molecule has 0 radical (unpaired) electrons. The molecule has 14 heavy (non-hydrogen) atoms. The zero-order chi connectivity index (χ0) is 10.6. The summed E-state index contributed by atoms with van der Waals surface area (Å²) < 4.78 is 5.19. The van der Waals surface area contributed by atoms with Gasteiger partial charge < -0.3 is 10.1 Å². The fourth-order valence-electron chi connectivity index (χ4n) is 1.22. The van der Waals surface area contributed by atoms with Crippen LogP contribution in [0, 0.1) is 0 Å². The first-order valence-corrected chi connectivity index (χ1v) is 5.42. The summed E-state index contributed by atoms with van der Waals surface area (Å²) >= 11 is 0. The second kappa shape index (κ2) is 4.78. The molecule has 0 bridgehead atoms. The van der Waals surface area contributed by atoms with Crippen LogP contribution in [-0.4, -0.2) is 24.2 Å². The van der Waals surface area contributed by atoms with Gasteiger partial charge in [-0.2, -0.15) is 0 Å². The average molecular weight is 199 g/mol. The van der Waals surface area contributed by atoms with Crippen molar-refractivity contribution in [2.45, 2.75) is 58.1 Å². The minimum Gasteiger partial charge on any atom is -0.460 e. The molecule has 0 heterocycles. The number of nitrogens with one attached hydrogen (secondary N) is 1. The molecule has 0 atom stereocenters. The van der Waals surface area contributed by atoms with Crippen molar-refractivity contribution in [1.29, 1.82) is 0 Å². The van der Waals surface area contributed by atoms with Crippen molar-refractivity contribution in [1.82, 2.24) is 5.32 Å². The lowest BCUT2D eigenvalue weighted by Crippen LogP contribution is -2.25. The second-order valence-electron chi connectivity index (χ2n) is 4.92. The van der Waals surface area contributed by atoms with E-state index >= 15 is 0 Å². The van der Waals surface area contributed by atoms with Gasteiger partial charge in [-0.15, -0.1) is 0 Å². The van der Waals surface area contributed by atoms with Crippen molar-refractivity contribution in [3.63, 3.8) is 0 Å². The third kappa shape index (κ3) is 5.97. The Hall–Kier alpha value is -0.570. The van der Waals surface area contributed by atoms with E-state index in [1.807, 2.05) is 20.8 Å². The lowest BCUT2D eigenvalue weighted by Gasteiger charge is -2.19. The van der Waals surface area contributed by atoms with Gasteiger partial charge in [-0.3, -0.25) is 4.79 Å². The van der Waals surface area contributed by atoms with Crippen LogP contribution in [0.4, 0.5) is 0 Å². The predicted octanol–water partition coefficient (Wildman–Crippen LogP) is 1.86. The Morgan fingerprint density at radius 1 is 1.43 bits per heavy atom. The SMILES string of the molecule is CC(C)(C)OC(=O)CCCNC1CC1. The summed E-state index contributed by atoms with van der Waals surface area (Å²) in [6.07, 6.45) is 4.00. The number of hydrogen-bond acceptors (Lipinski definition) is 3. The minimum atomic E-state index is -0.346. The topological polar surface area (TPSA) is 38.3 Å². The first kappa shape index (κ1) is 11.5. The molecule has 0 aromatic carbocycles. The van der Waals surface area contributed by atoms with Gasteiger partial charge in [-0.1, -0.05) is 0 Å². The fourth-order valence-corrected chi connectivity index (χ4v) is 1.22. The van der Waals surface area contributed by atoms with Gasteiger partial charge in [0, 0.05) is 12.5 Å². The summed E-state index contributed by atoms with van der Waals surface area (Å²) in [7, 11) is 0. The van der Waals surface area contributed by atoms with Crippen LogP contribution in [0.15, 0.2) is 0 Å². The molecule has 3 heteroatoms. The van der Waals surface area contributed by atoms with Crippen LogP contribution >= 0.6 is 0 Å². The van der Waals surface area contributed by atoms with Crippen molar-refractivity contribution in [3.8, 4) is 0 Å². The highest BCUT2D eigenvalue weighted by molar-refractivity contribution is 5.69. The number of carbonyl (C=O) groups excluding carboxylic acids is 1. The van der Waals surface area contributed by atoms with E-state index in [-0.39, 0.29) is 11.6 Å². The van der Waals surface area contributed by atoms with E-state index in [1.165, 1.54) is 12.8 Å². The molecule has 3 nitrogen and oxygen atoms in total. The maximum absolute atomic E-state index is 11.3. The van der Waals surface area contributed by atoms with Gasteiger partial charge in [0.15, 0.2) is 0 Å². The van der Waals surface area contributed by atoms with Crippen molar-refractivity contribution in [2.24, 2.45) is 0 Å². The molecule has 1 N–H and O–H groups in total. The van der Waals surface area contributed by atoms with E-state index in [0.717, 1.165) is 19.0 Å². The Balaban J connectivity index is 1.96. The molecule has 0 spiro atoms. The quantitative estimate of drug-likeness (QED) is 0.542. The van der Waals surface area contributed by atoms with Gasteiger partial charge in [0.05, 0.1) is 0 Å². The molecule has 0 aromatic heterocycles. The van der Waals surface area contributed by atoms with Crippen molar-refractivity contribution < 1.29 is 9.53 Å². The molecule has 1 rings (SSSR count). The Kier molecular flexibility index (Phi) is 3.93. The normalized spacial score (nSPS) is 16.8. The van der Waals surface area contributed by atoms with Crippen molar-refractivity contribution in [2.75, 3.05) is 6.54 Å². The van der Waals surface area contributed by atoms with Crippen LogP contribution in [0.5, 0.6) is 0 Å². The van der Waals surface area contributed by atoms with Gasteiger partial charge in [-0.25, -0.2) is 0 Å². The number of rotatable bonds is 5. The summed E-state index contributed by atoms with van der Waals surface area (Å²) in [4.78, 5) is 11.3. The molecule has 0 aliphatic heterocycles. The monoisotopic (exact) mass is 199 g/mol. The van der Waals surface area contributed by atoms with Crippen LogP contribution in [0.25, 0.3) is 0 Å². The lowest BCUT2D eigenvalue weighted by atomic mass is 10.2. The molecule has 1 saturated carbocycles. The molecule has 0 aromatic rings. The first-order chi connectivity index (χ1) is 6.47. The zero-order valence-electron chi connectivity index (χ0n) is 9.43. The maximum Gasteiger partial charge on any atom is 0.306 e. The third-order valence-corrected chi connectivity index (χ3v) is 1.99. The fraction of sp³-hybridized carbons (Fsp3) is 0.909. The zero-order valence-corrected chi connectivity index (χ0v) is 9.43. The van der Waals surface area contributed by atoms with Crippen molar-refractivity contribution in [3.05, 3.63) is 0 Å². The third-order valence-electron chi connectivity index (χ3n) is 1.99. The minimum absolute atomic E-state index is 0.0879. The number of ether oxygens (including phenoxy) is 1. The van der Waals surface area contributed by atoms with Gasteiger partial charge in [0.25, 0.3) is 0 Å². The molecule has 1 aliphatic rings. The van der Waals surface area contributed by atoms with E-state index in [0.29, 0.717) is 6.42 Å². The Morgan fingerprint density at radius 2 is 2.07 bits per heavy atom. The summed E-state index contributed by atoms with van der Waals surface area (Å²) in [6, 6.07) is 0.730. The van der Waals surface area contributed by atoms with Gasteiger partial charge >= 0.3 is 5.97 Å². The smallest absolute Gasteiger partial charge is 0.306 e. The average Bonchev–Trinajstić information content (AvgIpc) is 2.77. The second-order valence-corrected chi connectivity index (χ2v) is 4.92. The highest BCUT2D eigenvalue weighted by Crippen LogP contribution is 2.18. The van der Waals surface area contributed by atoms with Crippen LogP contribution in [-0.2, 0) is 9.53 Å². The van der Waals surface area contributed by atoms with Crippen LogP contribution in [0.3, 0.4) is 0 Å². The molecule has 82 valence electrons. The molecular formula is C11H21NO2. The van der Waals surface area contributed by atoms with Crippen LogP contribution in [0.1, 0.15) is 46.5 Å². The molecule has 0 amide bonds. The highest BCUT2D eigenvalue weighted by Gasteiger charge is 2.20. The molecule has 0 unspecified atom stereocenters. The van der Waals surface area contributed by atoms with Crippen LogP contribution < -0.4 is 5.32 Å². The largest absolute Gasteiger partial charge is 0.460 e. The van der Waals surface area contributed by atoms with E-state index in [9.17, 15) is 4.79 Å².